The molecule has 15 heavy (non-hydrogen) atoms. The monoisotopic (exact) mass is 217 g/mol. The summed E-state index contributed by atoms with van der Waals surface area (Å²) in [5.41, 5.74) is 9.77. The second-order valence-corrected chi connectivity index (χ2v) is 4.25. The van der Waals surface area contributed by atoms with Crippen molar-refractivity contribution in [3.8, 4) is 0 Å². The highest BCUT2D eigenvalue weighted by Gasteiger charge is 2.19. The van der Waals surface area contributed by atoms with Gasteiger partial charge in [0, 0.05) is 13.0 Å². The standard InChI is InChI=1S/C9H19N3O3/c1-9(2,3)15-8(14)12-6(5-10)4-7(11)13/h6H,4-5,10H2,1-3H3,(H2,11,13)(H,12,14). The molecule has 6 heteroatoms. The first-order chi connectivity index (χ1) is 6.74. The molecule has 0 spiro atoms. The molecule has 0 aromatic carbocycles. The van der Waals surface area contributed by atoms with E-state index >= 15 is 0 Å². The maximum absolute atomic E-state index is 11.3. The number of ether oxygens (including phenoxy) is 1. The molecule has 0 rings (SSSR count). The second-order valence-electron chi connectivity index (χ2n) is 4.25. The zero-order valence-electron chi connectivity index (χ0n) is 9.37. The number of alkyl carbamates (subject to hydrolysis) is 1. The largest absolute Gasteiger partial charge is 0.444 e. The van der Waals surface area contributed by atoms with Crippen molar-refractivity contribution < 1.29 is 14.3 Å². The van der Waals surface area contributed by atoms with Crippen molar-refractivity contribution >= 4 is 12.0 Å². The predicted octanol–water partition coefficient (Wildman–Crippen LogP) is -0.286. The Hall–Kier alpha value is -1.30. The summed E-state index contributed by atoms with van der Waals surface area (Å²) in [7, 11) is 0. The van der Waals surface area contributed by atoms with Crippen LogP contribution in [0.3, 0.4) is 0 Å². The van der Waals surface area contributed by atoms with Gasteiger partial charge in [0.1, 0.15) is 5.60 Å². The van der Waals surface area contributed by atoms with E-state index in [-0.39, 0.29) is 13.0 Å². The van der Waals surface area contributed by atoms with Crippen LogP contribution >= 0.6 is 0 Å². The fraction of sp³-hybridized carbons (Fsp3) is 0.778. The zero-order valence-corrected chi connectivity index (χ0v) is 9.37. The molecule has 0 radical (unpaired) electrons. The van der Waals surface area contributed by atoms with E-state index in [0.29, 0.717) is 0 Å². The van der Waals surface area contributed by atoms with Crippen LogP contribution in [0.2, 0.25) is 0 Å². The molecule has 6 nitrogen and oxygen atoms in total. The molecule has 0 aromatic rings. The van der Waals surface area contributed by atoms with Gasteiger partial charge in [-0.2, -0.15) is 0 Å². The Kier molecular flexibility index (Phi) is 5.07. The van der Waals surface area contributed by atoms with E-state index < -0.39 is 23.6 Å². The molecule has 0 aliphatic carbocycles. The van der Waals surface area contributed by atoms with E-state index in [2.05, 4.69) is 5.32 Å². The van der Waals surface area contributed by atoms with Crippen molar-refractivity contribution in [3.63, 3.8) is 0 Å². The lowest BCUT2D eigenvalue weighted by atomic mass is 10.2. The molecule has 88 valence electrons. The van der Waals surface area contributed by atoms with Crippen LogP contribution in [0.1, 0.15) is 27.2 Å². The number of rotatable bonds is 4. The van der Waals surface area contributed by atoms with Crippen molar-refractivity contribution in [1.82, 2.24) is 5.32 Å². The number of nitrogens with one attached hydrogen (secondary N) is 1. The first-order valence-electron chi connectivity index (χ1n) is 4.72. The van der Waals surface area contributed by atoms with Gasteiger partial charge in [0.25, 0.3) is 0 Å². The van der Waals surface area contributed by atoms with Crippen LogP contribution in [0.5, 0.6) is 0 Å². The first-order valence-corrected chi connectivity index (χ1v) is 4.72. The molecule has 0 fully saturated rings. The summed E-state index contributed by atoms with van der Waals surface area (Å²) >= 11 is 0. The van der Waals surface area contributed by atoms with E-state index in [1.165, 1.54) is 0 Å². The van der Waals surface area contributed by atoms with Crippen molar-refractivity contribution in [3.05, 3.63) is 0 Å². The van der Waals surface area contributed by atoms with Crippen molar-refractivity contribution in [1.29, 1.82) is 0 Å². The molecule has 0 saturated carbocycles. The Balaban J connectivity index is 4.07. The fourth-order valence-corrected chi connectivity index (χ4v) is 0.910. The number of primary amides is 1. The number of hydrogen-bond acceptors (Lipinski definition) is 4. The summed E-state index contributed by atoms with van der Waals surface area (Å²) in [4.78, 5) is 21.9. The maximum atomic E-state index is 11.3. The molecule has 5 N–H and O–H groups in total. The summed E-state index contributed by atoms with van der Waals surface area (Å²) in [6, 6.07) is -0.475. The SMILES string of the molecule is CC(C)(C)OC(=O)NC(CN)CC(N)=O. The van der Waals surface area contributed by atoms with Crippen LogP contribution in [-0.2, 0) is 9.53 Å². The van der Waals surface area contributed by atoms with Crippen LogP contribution in [-0.4, -0.2) is 30.2 Å². The minimum absolute atomic E-state index is 0.00967. The van der Waals surface area contributed by atoms with Crippen LogP contribution in [0.25, 0.3) is 0 Å². The van der Waals surface area contributed by atoms with Gasteiger partial charge in [0.05, 0.1) is 6.04 Å². The third-order valence-corrected chi connectivity index (χ3v) is 1.45. The molecule has 0 saturated heterocycles. The third-order valence-electron chi connectivity index (χ3n) is 1.45. The Morgan fingerprint density at radius 1 is 1.40 bits per heavy atom. The van der Waals surface area contributed by atoms with E-state index in [0.717, 1.165) is 0 Å². The van der Waals surface area contributed by atoms with E-state index in [4.69, 9.17) is 16.2 Å². The normalized spacial score (nSPS) is 13.1. The van der Waals surface area contributed by atoms with Gasteiger partial charge in [-0.25, -0.2) is 4.79 Å². The fourth-order valence-electron chi connectivity index (χ4n) is 0.910. The van der Waals surface area contributed by atoms with Gasteiger partial charge in [-0.15, -0.1) is 0 Å². The molecule has 0 aliphatic rings. The third kappa shape index (κ3) is 7.75. The van der Waals surface area contributed by atoms with Crippen LogP contribution in [0, 0.1) is 0 Å². The maximum Gasteiger partial charge on any atom is 0.407 e. The molecular weight excluding hydrogens is 198 g/mol. The minimum Gasteiger partial charge on any atom is -0.444 e. The molecule has 2 amide bonds. The second kappa shape index (κ2) is 5.55. The van der Waals surface area contributed by atoms with Gasteiger partial charge in [0.15, 0.2) is 0 Å². The topological polar surface area (TPSA) is 107 Å². The highest BCUT2D eigenvalue weighted by molar-refractivity contribution is 5.76. The van der Waals surface area contributed by atoms with Crippen molar-refractivity contribution in [2.75, 3.05) is 6.54 Å². The number of carbonyl (C=O) groups excluding carboxylic acids is 2. The Morgan fingerprint density at radius 2 is 1.93 bits per heavy atom. The van der Waals surface area contributed by atoms with Gasteiger partial charge >= 0.3 is 6.09 Å². The minimum atomic E-state index is -0.598. The molecule has 1 atom stereocenters. The summed E-state index contributed by atoms with van der Waals surface area (Å²) in [6.45, 7) is 5.39. The lowest BCUT2D eigenvalue weighted by Gasteiger charge is -2.22. The Bertz CT molecular complexity index is 235. The van der Waals surface area contributed by atoms with Gasteiger partial charge in [-0.1, -0.05) is 0 Å². The molecular formula is C9H19N3O3. The predicted molar refractivity (Wildman–Crippen MR) is 56.0 cm³/mol. The van der Waals surface area contributed by atoms with Gasteiger partial charge in [-0.05, 0) is 20.8 Å². The Labute approximate surface area is 89.3 Å². The number of nitrogens with two attached hydrogens (primary N) is 2. The van der Waals surface area contributed by atoms with Crippen LogP contribution < -0.4 is 16.8 Å². The summed E-state index contributed by atoms with van der Waals surface area (Å²) in [5, 5.41) is 2.47. The van der Waals surface area contributed by atoms with Gasteiger partial charge in [0.2, 0.25) is 5.91 Å². The summed E-state index contributed by atoms with van der Waals surface area (Å²) < 4.78 is 4.99. The van der Waals surface area contributed by atoms with Crippen molar-refractivity contribution in [2.45, 2.75) is 38.8 Å². The van der Waals surface area contributed by atoms with E-state index in [9.17, 15) is 9.59 Å². The summed E-state index contributed by atoms with van der Waals surface area (Å²) in [6.07, 6.45) is -0.588. The van der Waals surface area contributed by atoms with Crippen LogP contribution in [0.4, 0.5) is 4.79 Å². The smallest absolute Gasteiger partial charge is 0.407 e. The number of hydrogen-bond donors (Lipinski definition) is 3. The molecule has 0 heterocycles. The van der Waals surface area contributed by atoms with Gasteiger partial charge < -0.3 is 21.5 Å². The lowest BCUT2D eigenvalue weighted by Crippen LogP contribution is -2.44. The van der Waals surface area contributed by atoms with Crippen LogP contribution in [0.15, 0.2) is 0 Å². The quantitative estimate of drug-likeness (QED) is 0.601. The number of amides is 2. The van der Waals surface area contributed by atoms with Crippen molar-refractivity contribution in [2.24, 2.45) is 11.5 Å². The molecule has 0 aliphatic heterocycles. The Morgan fingerprint density at radius 3 is 2.27 bits per heavy atom. The zero-order chi connectivity index (χ0) is 12.1. The first kappa shape index (κ1) is 13.7. The average Bonchev–Trinajstić information content (AvgIpc) is 1.98. The molecule has 1 unspecified atom stereocenters. The lowest BCUT2D eigenvalue weighted by molar-refractivity contribution is -0.118. The molecule has 0 aromatic heterocycles. The average molecular weight is 217 g/mol. The summed E-state index contributed by atoms with van der Waals surface area (Å²) in [5.74, 6) is -0.512. The molecule has 0 bridgehead atoms. The highest BCUT2D eigenvalue weighted by atomic mass is 16.6. The van der Waals surface area contributed by atoms with E-state index in [1.54, 1.807) is 20.8 Å². The van der Waals surface area contributed by atoms with Gasteiger partial charge in [-0.3, -0.25) is 4.79 Å². The van der Waals surface area contributed by atoms with E-state index in [1.807, 2.05) is 0 Å². The highest BCUT2D eigenvalue weighted by Crippen LogP contribution is 2.06. The number of carbonyl (C=O) groups is 2.